The molecule has 0 aliphatic carbocycles. The summed E-state index contributed by atoms with van der Waals surface area (Å²) in [5.74, 6) is -0.270. The number of primary amides is 1. The maximum atomic E-state index is 11.7. The second-order valence-electron chi connectivity index (χ2n) is 3.56. The van der Waals surface area contributed by atoms with Gasteiger partial charge >= 0.3 is 6.09 Å². The molecule has 17 heavy (non-hydrogen) atoms. The number of benzene rings is 1. The van der Waals surface area contributed by atoms with Crippen molar-refractivity contribution in [1.29, 1.82) is 0 Å². The first kappa shape index (κ1) is 12.8. The Balaban J connectivity index is 2.49. The molecule has 0 atom stereocenters. The summed E-state index contributed by atoms with van der Waals surface area (Å²) in [4.78, 5) is 21.9. The van der Waals surface area contributed by atoms with Gasteiger partial charge in [-0.05, 0) is 30.7 Å². The van der Waals surface area contributed by atoms with Gasteiger partial charge < -0.3 is 21.5 Å². The second-order valence-corrected chi connectivity index (χ2v) is 3.56. The minimum absolute atomic E-state index is 0.0440. The van der Waals surface area contributed by atoms with Crippen molar-refractivity contribution in [3.05, 3.63) is 29.3 Å². The lowest BCUT2D eigenvalue weighted by Crippen LogP contribution is -2.29. The van der Waals surface area contributed by atoms with Crippen molar-refractivity contribution in [1.82, 2.24) is 5.32 Å². The fraction of sp³-hybridized carbons (Fsp3) is 0.273. The summed E-state index contributed by atoms with van der Waals surface area (Å²) in [6, 6.07) is 5.07. The molecule has 6 nitrogen and oxygen atoms in total. The number of carbonyl (C=O) groups is 2. The molecule has 0 aromatic heterocycles. The zero-order valence-electron chi connectivity index (χ0n) is 9.53. The molecule has 0 bridgehead atoms. The third-order valence-corrected chi connectivity index (χ3v) is 1.99. The van der Waals surface area contributed by atoms with E-state index >= 15 is 0 Å². The summed E-state index contributed by atoms with van der Waals surface area (Å²) in [7, 11) is 0. The predicted molar refractivity (Wildman–Crippen MR) is 63.5 cm³/mol. The molecule has 1 rings (SSSR count). The highest BCUT2D eigenvalue weighted by Crippen LogP contribution is 2.10. The molecule has 0 aliphatic rings. The van der Waals surface area contributed by atoms with Crippen LogP contribution in [0.5, 0.6) is 0 Å². The van der Waals surface area contributed by atoms with Crippen molar-refractivity contribution >= 4 is 17.7 Å². The molecule has 0 unspecified atom stereocenters. The summed E-state index contributed by atoms with van der Waals surface area (Å²) < 4.78 is 4.48. The van der Waals surface area contributed by atoms with Gasteiger partial charge in [0.05, 0.1) is 6.54 Å². The largest absolute Gasteiger partial charge is 0.448 e. The first-order chi connectivity index (χ1) is 7.99. The third kappa shape index (κ3) is 4.42. The summed E-state index contributed by atoms with van der Waals surface area (Å²) in [6.45, 7) is 2.10. The first-order valence-electron chi connectivity index (χ1n) is 5.06. The van der Waals surface area contributed by atoms with Crippen LogP contribution in [0.4, 0.5) is 10.5 Å². The van der Waals surface area contributed by atoms with Gasteiger partial charge in [-0.3, -0.25) is 4.79 Å². The average molecular weight is 237 g/mol. The van der Waals surface area contributed by atoms with Crippen molar-refractivity contribution in [2.75, 3.05) is 18.9 Å². The van der Waals surface area contributed by atoms with E-state index in [1.54, 1.807) is 18.2 Å². The number of ether oxygens (including phenoxy) is 1. The van der Waals surface area contributed by atoms with Crippen molar-refractivity contribution in [2.45, 2.75) is 6.92 Å². The average Bonchev–Trinajstić information content (AvgIpc) is 2.22. The quantitative estimate of drug-likeness (QED) is 0.520. The Labute approximate surface area is 98.9 Å². The predicted octanol–water partition coefficient (Wildman–Crippen LogP) is 0.402. The lowest BCUT2D eigenvalue weighted by Gasteiger charge is -2.06. The molecule has 0 radical (unpaired) electrons. The van der Waals surface area contributed by atoms with Crippen molar-refractivity contribution in [2.24, 2.45) is 5.73 Å². The van der Waals surface area contributed by atoms with Gasteiger partial charge in [0.25, 0.3) is 5.91 Å². The van der Waals surface area contributed by atoms with E-state index in [0.29, 0.717) is 11.3 Å². The lowest BCUT2D eigenvalue weighted by atomic mass is 10.1. The van der Waals surface area contributed by atoms with Gasteiger partial charge in [0.15, 0.2) is 0 Å². The number of anilines is 1. The van der Waals surface area contributed by atoms with E-state index in [0.717, 1.165) is 5.56 Å². The van der Waals surface area contributed by atoms with Crippen LogP contribution in [0.25, 0.3) is 0 Å². The molecule has 1 aromatic rings. The van der Waals surface area contributed by atoms with Crippen LogP contribution in [0, 0.1) is 6.92 Å². The highest BCUT2D eigenvalue weighted by molar-refractivity contribution is 5.95. The summed E-state index contributed by atoms with van der Waals surface area (Å²) in [5.41, 5.74) is 12.3. The molecule has 2 amide bonds. The molecule has 0 saturated heterocycles. The van der Waals surface area contributed by atoms with Crippen LogP contribution in [0.1, 0.15) is 15.9 Å². The maximum Gasteiger partial charge on any atom is 0.404 e. The molecule has 0 spiro atoms. The number of aryl methyl sites for hydroxylation is 1. The Bertz CT molecular complexity index is 412. The molecule has 0 aliphatic heterocycles. The van der Waals surface area contributed by atoms with Crippen LogP contribution in [-0.4, -0.2) is 25.2 Å². The fourth-order valence-corrected chi connectivity index (χ4v) is 1.36. The molecule has 1 aromatic carbocycles. The normalized spacial score (nSPS) is 9.71. The molecule has 0 heterocycles. The van der Waals surface area contributed by atoms with E-state index in [1.165, 1.54) is 0 Å². The molecule has 92 valence electrons. The van der Waals surface area contributed by atoms with Gasteiger partial charge in [-0.2, -0.15) is 0 Å². The molecule has 5 N–H and O–H groups in total. The number of hydrogen-bond donors (Lipinski definition) is 3. The number of hydrogen-bond acceptors (Lipinski definition) is 4. The smallest absolute Gasteiger partial charge is 0.404 e. The second kappa shape index (κ2) is 5.74. The number of nitrogens with two attached hydrogens (primary N) is 2. The zero-order valence-corrected chi connectivity index (χ0v) is 9.53. The third-order valence-electron chi connectivity index (χ3n) is 1.99. The minimum Gasteiger partial charge on any atom is -0.448 e. The SMILES string of the molecule is Cc1cc(N)cc(C(=O)NCCOC(N)=O)c1. The van der Waals surface area contributed by atoms with E-state index < -0.39 is 6.09 Å². The molecule has 6 heteroatoms. The number of nitrogens with one attached hydrogen (secondary N) is 1. The molecular formula is C11H15N3O3. The number of nitrogen functional groups attached to an aromatic ring is 1. The van der Waals surface area contributed by atoms with E-state index in [9.17, 15) is 9.59 Å². The van der Waals surface area contributed by atoms with E-state index in [4.69, 9.17) is 11.5 Å². The monoisotopic (exact) mass is 237 g/mol. The van der Waals surface area contributed by atoms with Gasteiger partial charge in [0.1, 0.15) is 6.61 Å². The van der Waals surface area contributed by atoms with Crippen LogP contribution < -0.4 is 16.8 Å². The van der Waals surface area contributed by atoms with Gasteiger partial charge in [-0.15, -0.1) is 0 Å². The number of rotatable bonds is 4. The Morgan fingerprint density at radius 2 is 2.06 bits per heavy atom. The van der Waals surface area contributed by atoms with Crippen LogP contribution >= 0.6 is 0 Å². The van der Waals surface area contributed by atoms with Crippen molar-refractivity contribution in [3.63, 3.8) is 0 Å². The molecular weight excluding hydrogens is 222 g/mol. The van der Waals surface area contributed by atoms with E-state index in [2.05, 4.69) is 10.1 Å². The molecule has 0 fully saturated rings. The topological polar surface area (TPSA) is 107 Å². The molecule has 0 saturated carbocycles. The van der Waals surface area contributed by atoms with Gasteiger partial charge in [0, 0.05) is 11.3 Å². The summed E-state index contributed by atoms with van der Waals surface area (Å²) in [5, 5.41) is 2.58. The highest BCUT2D eigenvalue weighted by Gasteiger charge is 2.06. The number of amides is 2. The summed E-state index contributed by atoms with van der Waals surface area (Å²) >= 11 is 0. The van der Waals surface area contributed by atoms with Gasteiger partial charge in [-0.1, -0.05) is 0 Å². The van der Waals surface area contributed by atoms with Crippen LogP contribution in [0.2, 0.25) is 0 Å². The van der Waals surface area contributed by atoms with E-state index in [1.807, 2.05) is 6.92 Å². The Kier molecular flexibility index (Phi) is 4.33. The summed E-state index contributed by atoms with van der Waals surface area (Å²) in [6.07, 6.45) is -0.862. The lowest BCUT2D eigenvalue weighted by molar-refractivity contribution is 0.0937. The van der Waals surface area contributed by atoms with Gasteiger partial charge in [0.2, 0.25) is 0 Å². The maximum absolute atomic E-state index is 11.7. The van der Waals surface area contributed by atoms with Gasteiger partial charge in [-0.25, -0.2) is 4.79 Å². The van der Waals surface area contributed by atoms with Crippen LogP contribution in [0.15, 0.2) is 18.2 Å². The van der Waals surface area contributed by atoms with Crippen LogP contribution in [-0.2, 0) is 4.74 Å². The Morgan fingerprint density at radius 3 is 2.65 bits per heavy atom. The first-order valence-corrected chi connectivity index (χ1v) is 5.06. The van der Waals surface area contributed by atoms with E-state index in [-0.39, 0.29) is 19.1 Å². The van der Waals surface area contributed by atoms with Crippen LogP contribution in [0.3, 0.4) is 0 Å². The number of carbonyl (C=O) groups excluding carboxylic acids is 2. The highest BCUT2D eigenvalue weighted by atomic mass is 16.5. The minimum atomic E-state index is -0.862. The van der Waals surface area contributed by atoms with Crippen molar-refractivity contribution < 1.29 is 14.3 Å². The standard InChI is InChI=1S/C11H15N3O3/c1-7-4-8(6-9(12)5-7)10(15)14-2-3-17-11(13)16/h4-6H,2-3,12H2,1H3,(H2,13,16)(H,14,15). The van der Waals surface area contributed by atoms with Crippen molar-refractivity contribution in [3.8, 4) is 0 Å². The zero-order chi connectivity index (χ0) is 12.8. The Morgan fingerprint density at radius 1 is 1.35 bits per heavy atom. The fourth-order valence-electron chi connectivity index (χ4n) is 1.36. The Hall–Kier alpha value is -2.24.